The Morgan fingerprint density at radius 2 is 2.00 bits per heavy atom. The lowest BCUT2D eigenvalue weighted by atomic mass is 10.2. The Morgan fingerprint density at radius 3 is 2.67 bits per heavy atom. The molecule has 1 aromatic rings. The normalized spacial score (nSPS) is 17.5. The van der Waals surface area contributed by atoms with Crippen LogP contribution in [-0.4, -0.2) is 49.6 Å². The standard InChI is InChI=1S/C14H19F2N3O2/c1-10(19-8-6-17-7-9-19)13(20)18-11-4-2-3-5-12(11)21-14(15)16/h2-5,10,14,17H,6-9H2,1H3,(H,18,20). The summed E-state index contributed by atoms with van der Waals surface area (Å²) in [7, 11) is 0. The lowest BCUT2D eigenvalue weighted by Crippen LogP contribution is -2.51. The predicted molar refractivity (Wildman–Crippen MR) is 75.6 cm³/mol. The van der Waals surface area contributed by atoms with Crippen LogP contribution in [0.2, 0.25) is 0 Å². The minimum atomic E-state index is -2.92. The van der Waals surface area contributed by atoms with E-state index in [-0.39, 0.29) is 23.4 Å². The van der Waals surface area contributed by atoms with Crippen LogP contribution in [0.25, 0.3) is 0 Å². The van der Waals surface area contributed by atoms with Crippen molar-refractivity contribution in [3.8, 4) is 5.75 Å². The monoisotopic (exact) mass is 299 g/mol. The van der Waals surface area contributed by atoms with E-state index in [2.05, 4.69) is 15.4 Å². The van der Waals surface area contributed by atoms with E-state index in [9.17, 15) is 13.6 Å². The largest absolute Gasteiger partial charge is 0.433 e. The maximum atomic E-state index is 12.3. The minimum Gasteiger partial charge on any atom is -0.433 e. The van der Waals surface area contributed by atoms with Crippen LogP contribution in [0.15, 0.2) is 24.3 Å². The maximum absolute atomic E-state index is 12.3. The number of carbonyl (C=O) groups excluding carboxylic acids is 1. The van der Waals surface area contributed by atoms with Gasteiger partial charge in [0, 0.05) is 26.2 Å². The van der Waals surface area contributed by atoms with Crippen LogP contribution >= 0.6 is 0 Å². The van der Waals surface area contributed by atoms with Gasteiger partial charge in [-0.25, -0.2) is 0 Å². The van der Waals surface area contributed by atoms with Gasteiger partial charge in [-0.15, -0.1) is 0 Å². The zero-order valence-corrected chi connectivity index (χ0v) is 11.8. The quantitative estimate of drug-likeness (QED) is 0.865. The van der Waals surface area contributed by atoms with Crippen LogP contribution in [-0.2, 0) is 4.79 Å². The second-order valence-electron chi connectivity index (χ2n) is 4.83. The zero-order chi connectivity index (χ0) is 15.2. The molecule has 2 N–H and O–H groups in total. The lowest BCUT2D eigenvalue weighted by Gasteiger charge is -2.31. The van der Waals surface area contributed by atoms with E-state index in [1.54, 1.807) is 25.1 Å². The van der Waals surface area contributed by atoms with Crippen molar-refractivity contribution in [2.45, 2.75) is 19.6 Å². The van der Waals surface area contributed by atoms with Crippen molar-refractivity contribution in [3.05, 3.63) is 24.3 Å². The Hall–Kier alpha value is -1.73. The van der Waals surface area contributed by atoms with E-state index in [0.29, 0.717) is 0 Å². The highest BCUT2D eigenvalue weighted by molar-refractivity contribution is 5.95. The second kappa shape index (κ2) is 7.33. The van der Waals surface area contributed by atoms with E-state index in [4.69, 9.17) is 0 Å². The average molecular weight is 299 g/mol. The van der Waals surface area contributed by atoms with Crippen molar-refractivity contribution in [1.29, 1.82) is 0 Å². The summed E-state index contributed by atoms with van der Waals surface area (Å²) in [5.74, 6) is -0.268. The Morgan fingerprint density at radius 1 is 1.33 bits per heavy atom. The third-order valence-electron chi connectivity index (χ3n) is 3.44. The highest BCUT2D eigenvalue weighted by atomic mass is 19.3. The Kier molecular flexibility index (Phi) is 5.46. The van der Waals surface area contributed by atoms with Crippen molar-refractivity contribution in [1.82, 2.24) is 10.2 Å². The van der Waals surface area contributed by atoms with Crippen molar-refractivity contribution >= 4 is 11.6 Å². The Balaban J connectivity index is 2.01. The number of nitrogens with zero attached hydrogens (tertiary/aromatic N) is 1. The molecule has 1 aromatic carbocycles. The number of hydrogen-bond acceptors (Lipinski definition) is 4. The fourth-order valence-electron chi connectivity index (χ4n) is 2.24. The van der Waals surface area contributed by atoms with Crippen LogP contribution < -0.4 is 15.4 Å². The molecule has 0 bridgehead atoms. The lowest BCUT2D eigenvalue weighted by molar-refractivity contribution is -0.121. The van der Waals surface area contributed by atoms with Gasteiger partial charge in [0.1, 0.15) is 5.75 Å². The Bertz CT molecular complexity index is 479. The molecule has 1 fully saturated rings. The van der Waals surface area contributed by atoms with E-state index in [0.717, 1.165) is 26.2 Å². The van der Waals surface area contributed by atoms with E-state index < -0.39 is 6.61 Å². The summed E-state index contributed by atoms with van der Waals surface area (Å²) >= 11 is 0. The molecule has 0 saturated carbocycles. The molecule has 1 unspecified atom stereocenters. The first kappa shape index (κ1) is 15.7. The number of ether oxygens (including phenoxy) is 1. The van der Waals surface area contributed by atoms with Crippen LogP contribution in [0.3, 0.4) is 0 Å². The third-order valence-corrected chi connectivity index (χ3v) is 3.44. The number of nitrogens with one attached hydrogen (secondary N) is 2. The van der Waals surface area contributed by atoms with Crippen LogP contribution in [0, 0.1) is 0 Å². The van der Waals surface area contributed by atoms with Gasteiger partial charge in [0.25, 0.3) is 0 Å². The van der Waals surface area contributed by atoms with Gasteiger partial charge in [0.05, 0.1) is 11.7 Å². The molecule has 1 aliphatic heterocycles. The van der Waals surface area contributed by atoms with Gasteiger partial charge < -0.3 is 15.4 Å². The molecule has 116 valence electrons. The van der Waals surface area contributed by atoms with Crippen LogP contribution in [0.4, 0.5) is 14.5 Å². The smallest absolute Gasteiger partial charge is 0.387 e. The number of carbonyl (C=O) groups is 1. The molecule has 1 amide bonds. The zero-order valence-electron chi connectivity index (χ0n) is 11.8. The number of amides is 1. The molecular weight excluding hydrogens is 280 g/mol. The first-order valence-electron chi connectivity index (χ1n) is 6.87. The molecule has 0 aromatic heterocycles. The molecule has 0 aliphatic carbocycles. The number of hydrogen-bond donors (Lipinski definition) is 2. The van der Waals surface area contributed by atoms with Crippen molar-refractivity contribution in [3.63, 3.8) is 0 Å². The molecule has 1 saturated heterocycles. The number of rotatable bonds is 5. The van der Waals surface area contributed by atoms with Gasteiger partial charge >= 0.3 is 6.61 Å². The van der Waals surface area contributed by atoms with Gasteiger partial charge in [-0.05, 0) is 19.1 Å². The topological polar surface area (TPSA) is 53.6 Å². The Labute approximate surface area is 122 Å². The summed E-state index contributed by atoms with van der Waals surface area (Å²) in [6, 6.07) is 5.85. The number of alkyl halides is 2. The summed E-state index contributed by atoms with van der Waals surface area (Å²) in [6.45, 7) is 2.12. The van der Waals surface area contributed by atoms with E-state index in [1.807, 2.05) is 4.90 Å². The first-order valence-corrected chi connectivity index (χ1v) is 6.87. The molecular formula is C14H19F2N3O2. The summed E-state index contributed by atoms with van der Waals surface area (Å²) < 4.78 is 29.1. The van der Waals surface area contributed by atoms with Crippen molar-refractivity contribution < 1.29 is 18.3 Å². The van der Waals surface area contributed by atoms with Gasteiger partial charge in [-0.1, -0.05) is 12.1 Å². The van der Waals surface area contributed by atoms with E-state index >= 15 is 0 Å². The first-order chi connectivity index (χ1) is 10.1. The highest BCUT2D eigenvalue weighted by Crippen LogP contribution is 2.25. The molecule has 0 radical (unpaired) electrons. The predicted octanol–water partition coefficient (Wildman–Crippen LogP) is 1.52. The summed E-state index contributed by atoms with van der Waals surface area (Å²) in [5.41, 5.74) is 0.254. The number of halogens is 2. The molecule has 1 aliphatic rings. The summed E-state index contributed by atoms with van der Waals surface area (Å²) in [4.78, 5) is 14.3. The van der Waals surface area contributed by atoms with Crippen molar-refractivity contribution in [2.24, 2.45) is 0 Å². The highest BCUT2D eigenvalue weighted by Gasteiger charge is 2.23. The molecule has 21 heavy (non-hydrogen) atoms. The van der Waals surface area contributed by atoms with Gasteiger partial charge in [-0.2, -0.15) is 8.78 Å². The third kappa shape index (κ3) is 4.37. The summed E-state index contributed by atoms with van der Waals surface area (Å²) in [5, 5.41) is 5.87. The molecule has 2 rings (SSSR count). The maximum Gasteiger partial charge on any atom is 0.387 e. The fourth-order valence-corrected chi connectivity index (χ4v) is 2.24. The second-order valence-corrected chi connectivity index (χ2v) is 4.83. The number of anilines is 1. The molecule has 7 heteroatoms. The summed E-state index contributed by atoms with van der Waals surface area (Å²) in [6.07, 6.45) is 0. The number of piperazine rings is 1. The SMILES string of the molecule is CC(C(=O)Nc1ccccc1OC(F)F)N1CCNCC1. The number of benzene rings is 1. The van der Waals surface area contributed by atoms with Crippen LogP contribution in [0.1, 0.15) is 6.92 Å². The van der Waals surface area contributed by atoms with Gasteiger partial charge in [0.15, 0.2) is 0 Å². The molecule has 5 nitrogen and oxygen atoms in total. The van der Waals surface area contributed by atoms with Gasteiger partial charge in [0.2, 0.25) is 5.91 Å². The van der Waals surface area contributed by atoms with Crippen LogP contribution in [0.5, 0.6) is 5.75 Å². The fraction of sp³-hybridized carbons (Fsp3) is 0.500. The van der Waals surface area contributed by atoms with E-state index in [1.165, 1.54) is 6.07 Å². The average Bonchev–Trinajstić information content (AvgIpc) is 2.49. The number of para-hydroxylation sites is 2. The molecule has 0 spiro atoms. The molecule has 1 heterocycles. The molecule has 1 atom stereocenters. The van der Waals surface area contributed by atoms with Crippen molar-refractivity contribution in [2.75, 3.05) is 31.5 Å². The minimum absolute atomic E-state index is 0.0339. The van der Waals surface area contributed by atoms with Gasteiger partial charge in [-0.3, -0.25) is 9.69 Å².